The molecule has 2 aromatic heterocycles. The highest BCUT2D eigenvalue weighted by Crippen LogP contribution is 2.45. The van der Waals surface area contributed by atoms with Crippen LogP contribution in [0.1, 0.15) is 84.6 Å². The smallest absolute Gasteiger partial charge is 0.408 e. The number of para-hydroxylation sites is 2. The number of aromatic hydroxyl groups is 1. The van der Waals surface area contributed by atoms with Gasteiger partial charge in [0, 0.05) is 31.1 Å². The highest BCUT2D eigenvalue weighted by molar-refractivity contribution is 6.02. The number of piperidine rings is 1. The Morgan fingerprint density at radius 3 is 2.45 bits per heavy atom. The second-order valence-corrected chi connectivity index (χ2v) is 18.2. The summed E-state index contributed by atoms with van der Waals surface area (Å²) in [5, 5.41) is 31.9. The molecule has 2 saturated heterocycles. The Labute approximate surface area is 371 Å². The predicted octanol–water partition coefficient (Wildman–Crippen LogP) is 4.90. The maximum atomic E-state index is 13.9. The van der Waals surface area contributed by atoms with Crippen molar-refractivity contribution in [1.29, 1.82) is 0 Å². The number of fused-ring (bicyclic) bond motifs is 1. The van der Waals surface area contributed by atoms with Crippen molar-refractivity contribution in [2.75, 3.05) is 47.9 Å². The van der Waals surface area contributed by atoms with Gasteiger partial charge in [-0.05, 0) is 94.5 Å². The van der Waals surface area contributed by atoms with Crippen LogP contribution in [0.15, 0.2) is 60.9 Å². The monoisotopic (exact) mass is 876 g/mol. The number of ether oxygens (including phenoxy) is 2. The molecule has 1 aliphatic carbocycles. The van der Waals surface area contributed by atoms with Crippen LogP contribution in [-0.4, -0.2) is 116 Å². The average Bonchev–Trinajstić information content (AvgIpc) is 3.75. The number of rotatable bonds is 10. The molecule has 2 atom stereocenters. The van der Waals surface area contributed by atoms with E-state index in [4.69, 9.17) is 9.47 Å². The summed E-state index contributed by atoms with van der Waals surface area (Å²) in [4.78, 5) is 71.0. The van der Waals surface area contributed by atoms with Crippen molar-refractivity contribution in [3.8, 4) is 28.4 Å². The van der Waals surface area contributed by atoms with E-state index in [1.165, 1.54) is 10.7 Å². The van der Waals surface area contributed by atoms with Crippen molar-refractivity contribution < 1.29 is 38.6 Å². The molecular weight excluding hydrogens is 821 g/mol. The van der Waals surface area contributed by atoms with Crippen LogP contribution in [-0.2, 0) is 23.9 Å². The standard InChI is InChI=1S/C46H56N10O8/c1-27(2)40(49-45(62)64-46(3,4)5)44(61)50-42-36(23-33(51-52-42)32-9-6-7-12-37(32)57)56-25-30(24-47-56)54-20-19-53(26-39(54)59)29-15-13-28(14-16-29)31-10-8-11-34-41(31)63-22-21-55(34)35-17-18-38(58)48-43(35)60/h6-12,23-25,27-29,35,40,57H,13-22,26H2,1-5H3,(H,49,62)(H,48,58,60)(H,50,52,61)/t28?,29?,35-,40-/m0/s1. The van der Waals surface area contributed by atoms with Gasteiger partial charge in [-0.2, -0.15) is 5.10 Å². The van der Waals surface area contributed by atoms with Crippen molar-refractivity contribution in [3.05, 3.63) is 66.5 Å². The minimum atomic E-state index is -0.977. The molecule has 18 heteroatoms. The third kappa shape index (κ3) is 9.51. The molecule has 3 aliphatic heterocycles. The first-order valence-electron chi connectivity index (χ1n) is 22.1. The van der Waals surface area contributed by atoms with Crippen molar-refractivity contribution >= 4 is 46.9 Å². The largest absolute Gasteiger partial charge is 0.507 e. The highest BCUT2D eigenvalue weighted by atomic mass is 16.6. The molecule has 2 aromatic carbocycles. The minimum absolute atomic E-state index is 0.00885. The van der Waals surface area contributed by atoms with Crippen LogP contribution < -0.4 is 30.5 Å². The molecule has 8 rings (SSSR count). The van der Waals surface area contributed by atoms with E-state index in [9.17, 15) is 29.1 Å². The molecule has 5 amide bonds. The molecule has 4 N–H and O–H groups in total. The topological polar surface area (TPSA) is 213 Å². The van der Waals surface area contributed by atoms with Gasteiger partial charge in [-0.1, -0.05) is 38.1 Å². The summed E-state index contributed by atoms with van der Waals surface area (Å²) >= 11 is 0. The van der Waals surface area contributed by atoms with Gasteiger partial charge in [0.05, 0.1) is 42.6 Å². The van der Waals surface area contributed by atoms with E-state index < -0.39 is 29.7 Å². The Hall–Kier alpha value is -6.56. The first kappa shape index (κ1) is 44.1. The Morgan fingerprint density at radius 1 is 0.953 bits per heavy atom. The van der Waals surface area contributed by atoms with Crippen LogP contribution in [0.4, 0.5) is 22.0 Å². The molecule has 0 spiro atoms. The average molecular weight is 877 g/mol. The zero-order valence-electron chi connectivity index (χ0n) is 36.9. The maximum absolute atomic E-state index is 13.9. The molecule has 0 bridgehead atoms. The van der Waals surface area contributed by atoms with Gasteiger partial charge in [0.25, 0.3) is 0 Å². The number of piperazine rings is 1. The van der Waals surface area contributed by atoms with Crippen molar-refractivity contribution in [3.63, 3.8) is 0 Å². The number of hydrogen-bond donors (Lipinski definition) is 4. The van der Waals surface area contributed by atoms with Crippen LogP contribution in [0.25, 0.3) is 16.9 Å². The summed E-state index contributed by atoms with van der Waals surface area (Å²) in [5.74, 6) is -0.268. The normalized spacial score (nSPS) is 21.2. The molecular formula is C46H56N10O8. The number of nitrogens with one attached hydrogen (secondary N) is 3. The summed E-state index contributed by atoms with van der Waals surface area (Å²) in [6.45, 7) is 11.2. The first-order valence-corrected chi connectivity index (χ1v) is 22.1. The number of carbonyl (C=O) groups excluding carboxylic acids is 5. The number of anilines is 3. The summed E-state index contributed by atoms with van der Waals surface area (Å²) in [7, 11) is 0. The van der Waals surface area contributed by atoms with E-state index in [0.29, 0.717) is 61.7 Å². The molecule has 338 valence electrons. The van der Waals surface area contributed by atoms with Gasteiger partial charge in [-0.15, -0.1) is 10.2 Å². The van der Waals surface area contributed by atoms with Gasteiger partial charge < -0.3 is 35.0 Å². The molecule has 3 fully saturated rings. The molecule has 4 aromatic rings. The lowest BCUT2D eigenvalue weighted by Gasteiger charge is -2.42. The number of phenolic OH excluding ortho intramolecular Hbond substituents is 1. The SMILES string of the molecule is CC(C)[C@H](NC(=O)OC(C)(C)C)C(=O)Nc1nnc(-c2ccccc2O)cc1-n1cc(N2CCN(C3CCC(c4cccc5c4OCCN5[C@H]4CCC(=O)NC4=O)CC3)CC2=O)cn1. The summed E-state index contributed by atoms with van der Waals surface area (Å²) in [6, 6.07) is 13.3. The van der Waals surface area contributed by atoms with Gasteiger partial charge >= 0.3 is 6.09 Å². The zero-order valence-corrected chi connectivity index (χ0v) is 36.9. The lowest BCUT2D eigenvalue weighted by Crippen LogP contribution is -2.54. The fraction of sp³-hybridized carbons (Fsp3) is 0.478. The third-order valence-corrected chi connectivity index (χ3v) is 12.3. The highest BCUT2D eigenvalue weighted by Gasteiger charge is 2.38. The van der Waals surface area contributed by atoms with Gasteiger partial charge in [0.2, 0.25) is 23.6 Å². The van der Waals surface area contributed by atoms with Crippen LogP contribution in [0.5, 0.6) is 11.5 Å². The van der Waals surface area contributed by atoms with Crippen LogP contribution >= 0.6 is 0 Å². The number of imide groups is 1. The van der Waals surface area contributed by atoms with Gasteiger partial charge in [-0.3, -0.25) is 29.4 Å². The number of amides is 5. The molecule has 64 heavy (non-hydrogen) atoms. The van der Waals surface area contributed by atoms with E-state index in [-0.39, 0.29) is 53.7 Å². The first-order chi connectivity index (χ1) is 30.6. The van der Waals surface area contributed by atoms with Gasteiger partial charge in [0.15, 0.2) is 5.82 Å². The lowest BCUT2D eigenvalue weighted by atomic mass is 9.80. The van der Waals surface area contributed by atoms with Crippen LogP contribution in [0.3, 0.4) is 0 Å². The predicted molar refractivity (Wildman–Crippen MR) is 237 cm³/mol. The van der Waals surface area contributed by atoms with Crippen molar-refractivity contribution in [2.45, 2.75) is 103 Å². The van der Waals surface area contributed by atoms with Crippen LogP contribution in [0.2, 0.25) is 0 Å². The number of carbonyl (C=O) groups is 5. The summed E-state index contributed by atoms with van der Waals surface area (Å²) in [5.41, 5.74) is 2.91. The third-order valence-electron chi connectivity index (χ3n) is 12.3. The lowest BCUT2D eigenvalue weighted by molar-refractivity contribution is -0.134. The Kier molecular flexibility index (Phi) is 12.6. The second-order valence-electron chi connectivity index (χ2n) is 18.2. The number of alkyl carbamates (subject to hydrolysis) is 1. The number of aromatic nitrogens is 4. The van der Waals surface area contributed by atoms with Crippen molar-refractivity contribution in [2.24, 2.45) is 5.92 Å². The summed E-state index contributed by atoms with van der Waals surface area (Å²) < 4.78 is 13.2. The Morgan fingerprint density at radius 2 is 1.73 bits per heavy atom. The number of benzene rings is 2. The molecule has 0 unspecified atom stereocenters. The van der Waals surface area contributed by atoms with E-state index in [0.717, 1.165) is 42.7 Å². The quantitative estimate of drug-likeness (QED) is 0.156. The fourth-order valence-corrected chi connectivity index (χ4v) is 9.16. The molecule has 1 saturated carbocycles. The van der Waals surface area contributed by atoms with E-state index in [1.807, 2.05) is 12.1 Å². The number of hydrogen-bond acceptors (Lipinski definition) is 13. The van der Waals surface area contributed by atoms with Crippen LogP contribution in [0, 0.1) is 5.92 Å². The molecule has 4 aliphatic rings. The van der Waals surface area contributed by atoms with E-state index in [1.54, 1.807) is 76.2 Å². The van der Waals surface area contributed by atoms with E-state index in [2.05, 4.69) is 47.1 Å². The van der Waals surface area contributed by atoms with Crippen molar-refractivity contribution in [1.82, 2.24) is 35.5 Å². The fourth-order valence-electron chi connectivity index (χ4n) is 9.16. The molecule has 5 heterocycles. The minimum Gasteiger partial charge on any atom is -0.507 e. The van der Waals surface area contributed by atoms with Gasteiger partial charge in [0.1, 0.15) is 41.5 Å². The zero-order chi connectivity index (χ0) is 45.3. The number of phenols is 1. The molecule has 0 radical (unpaired) electrons. The molecule has 18 nitrogen and oxygen atoms in total. The second kappa shape index (κ2) is 18.3. The Bertz CT molecular complexity index is 2420. The Balaban J connectivity index is 0.942. The van der Waals surface area contributed by atoms with Gasteiger partial charge in [-0.25, -0.2) is 9.48 Å². The summed E-state index contributed by atoms with van der Waals surface area (Å²) in [6.07, 6.45) is 7.06. The maximum Gasteiger partial charge on any atom is 0.408 e. The number of nitrogens with zero attached hydrogens (tertiary/aromatic N) is 7. The van der Waals surface area contributed by atoms with E-state index >= 15 is 0 Å².